The highest BCUT2D eigenvalue weighted by atomic mass is 16.6. The van der Waals surface area contributed by atoms with Crippen molar-refractivity contribution in [3.8, 4) is 5.75 Å². The molecule has 0 aliphatic heterocycles. The maximum Gasteiger partial charge on any atom is 0.274 e. The van der Waals surface area contributed by atoms with E-state index >= 15 is 0 Å². The molecule has 0 atom stereocenters. The Hall–Kier alpha value is -2.56. The van der Waals surface area contributed by atoms with Crippen LogP contribution in [0.4, 0.5) is 11.4 Å². The molecule has 0 amide bonds. The maximum absolute atomic E-state index is 11.0. The normalized spacial score (nSPS) is 10.4. The lowest BCUT2D eigenvalue weighted by atomic mass is 10.1. The van der Waals surface area contributed by atoms with Crippen LogP contribution in [0.15, 0.2) is 36.4 Å². The Morgan fingerprint density at radius 3 is 2.62 bits per heavy atom. The molecule has 2 aromatic carbocycles. The molecule has 5 heteroatoms. The van der Waals surface area contributed by atoms with Gasteiger partial charge >= 0.3 is 0 Å². The summed E-state index contributed by atoms with van der Waals surface area (Å²) in [5.41, 5.74) is 3.31. The van der Waals surface area contributed by atoms with Gasteiger partial charge in [0, 0.05) is 29.4 Å². The van der Waals surface area contributed by atoms with Crippen LogP contribution < -0.4 is 5.32 Å². The van der Waals surface area contributed by atoms with E-state index in [1.807, 2.05) is 32.0 Å². The molecule has 0 bridgehead atoms. The van der Waals surface area contributed by atoms with E-state index in [2.05, 4.69) is 5.32 Å². The predicted octanol–water partition coefficient (Wildman–Crippen LogP) is 3.78. The number of anilines is 1. The van der Waals surface area contributed by atoms with Gasteiger partial charge in [0.05, 0.1) is 4.92 Å². The molecule has 0 fully saturated rings. The van der Waals surface area contributed by atoms with Crippen molar-refractivity contribution in [2.45, 2.75) is 26.8 Å². The standard InChI is InChI=1S/C16H18N2O3/c1-3-12-5-6-14(9-15(12)18(20)21)17-10-13-8-11(2)4-7-16(13)19/h4-9,17,19H,3,10H2,1-2H3. The molecular formula is C16H18N2O3. The number of hydrogen-bond acceptors (Lipinski definition) is 4. The summed E-state index contributed by atoms with van der Waals surface area (Å²) in [6.45, 7) is 4.25. The quantitative estimate of drug-likeness (QED) is 0.648. The van der Waals surface area contributed by atoms with E-state index < -0.39 is 0 Å². The lowest BCUT2D eigenvalue weighted by Gasteiger charge is -2.10. The highest BCUT2D eigenvalue weighted by molar-refractivity contribution is 5.56. The third kappa shape index (κ3) is 3.51. The van der Waals surface area contributed by atoms with Crippen LogP contribution in [-0.4, -0.2) is 10.0 Å². The Balaban J connectivity index is 2.18. The number of nitro groups is 1. The van der Waals surface area contributed by atoms with E-state index in [0.29, 0.717) is 24.2 Å². The molecule has 110 valence electrons. The molecular weight excluding hydrogens is 268 g/mol. The van der Waals surface area contributed by atoms with Crippen molar-refractivity contribution < 1.29 is 10.0 Å². The van der Waals surface area contributed by atoms with Crippen molar-refractivity contribution in [3.63, 3.8) is 0 Å². The van der Waals surface area contributed by atoms with Crippen LogP contribution in [0.5, 0.6) is 5.75 Å². The fourth-order valence-electron chi connectivity index (χ4n) is 2.20. The molecule has 2 N–H and O–H groups in total. The number of aryl methyl sites for hydroxylation is 2. The second kappa shape index (κ2) is 6.26. The summed E-state index contributed by atoms with van der Waals surface area (Å²) in [7, 11) is 0. The molecule has 21 heavy (non-hydrogen) atoms. The average Bonchev–Trinajstić information content (AvgIpc) is 2.47. The van der Waals surface area contributed by atoms with E-state index in [4.69, 9.17) is 0 Å². The average molecular weight is 286 g/mol. The number of nitro benzene ring substituents is 1. The van der Waals surface area contributed by atoms with E-state index in [0.717, 1.165) is 11.1 Å². The van der Waals surface area contributed by atoms with Gasteiger partial charge in [0.1, 0.15) is 5.75 Å². The summed E-state index contributed by atoms with van der Waals surface area (Å²) >= 11 is 0. The minimum atomic E-state index is -0.367. The van der Waals surface area contributed by atoms with Crippen molar-refractivity contribution in [2.75, 3.05) is 5.32 Å². The monoisotopic (exact) mass is 286 g/mol. The number of rotatable bonds is 5. The first-order valence-electron chi connectivity index (χ1n) is 6.81. The topological polar surface area (TPSA) is 75.4 Å². The fourth-order valence-corrected chi connectivity index (χ4v) is 2.20. The second-order valence-corrected chi connectivity index (χ2v) is 4.94. The van der Waals surface area contributed by atoms with Gasteiger partial charge in [-0.05, 0) is 25.5 Å². The zero-order chi connectivity index (χ0) is 15.4. The van der Waals surface area contributed by atoms with Crippen LogP contribution in [0.1, 0.15) is 23.6 Å². The lowest BCUT2D eigenvalue weighted by molar-refractivity contribution is -0.385. The number of aromatic hydroxyl groups is 1. The third-order valence-electron chi connectivity index (χ3n) is 3.38. The Kier molecular flexibility index (Phi) is 4.42. The zero-order valence-electron chi connectivity index (χ0n) is 12.1. The number of phenolic OH excluding ortho intramolecular Hbond substituents is 1. The Bertz CT molecular complexity index is 669. The van der Waals surface area contributed by atoms with Gasteiger partial charge < -0.3 is 10.4 Å². The third-order valence-corrected chi connectivity index (χ3v) is 3.38. The minimum absolute atomic E-state index is 0.121. The summed E-state index contributed by atoms with van der Waals surface area (Å²) in [6.07, 6.45) is 0.620. The summed E-state index contributed by atoms with van der Waals surface area (Å²) < 4.78 is 0. The first kappa shape index (κ1) is 14.8. The predicted molar refractivity (Wildman–Crippen MR) is 82.6 cm³/mol. The van der Waals surface area contributed by atoms with Gasteiger partial charge in [0.25, 0.3) is 5.69 Å². The Morgan fingerprint density at radius 2 is 1.95 bits per heavy atom. The highest BCUT2D eigenvalue weighted by Gasteiger charge is 2.13. The van der Waals surface area contributed by atoms with Gasteiger partial charge in [-0.2, -0.15) is 0 Å². The molecule has 0 saturated carbocycles. The lowest BCUT2D eigenvalue weighted by Crippen LogP contribution is -2.02. The van der Waals surface area contributed by atoms with Crippen LogP contribution in [0.25, 0.3) is 0 Å². The van der Waals surface area contributed by atoms with Crippen LogP contribution in [-0.2, 0) is 13.0 Å². The molecule has 0 spiro atoms. The van der Waals surface area contributed by atoms with Crippen LogP contribution in [0, 0.1) is 17.0 Å². The molecule has 0 aliphatic carbocycles. The van der Waals surface area contributed by atoms with Gasteiger partial charge in [-0.3, -0.25) is 10.1 Å². The molecule has 0 unspecified atom stereocenters. The largest absolute Gasteiger partial charge is 0.508 e. The van der Waals surface area contributed by atoms with Gasteiger partial charge in [-0.25, -0.2) is 0 Å². The molecule has 0 aliphatic rings. The molecule has 0 heterocycles. The van der Waals surface area contributed by atoms with Gasteiger partial charge in [0.2, 0.25) is 0 Å². The molecule has 5 nitrogen and oxygen atoms in total. The molecule has 2 rings (SSSR count). The number of nitrogens with one attached hydrogen (secondary N) is 1. The number of phenols is 1. The fraction of sp³-hybridized carbons (Fsp3) is 0.250. The molecule has 0 radical (unpaired) electrons. The minimum Gasteiger partial charge on any atom is -0.508 e. The van der Waals surface area contributed by atoms with Crippen molar-refractivity contribution >= 4 is 11.4 Å². The number of benzene rings is 2. The molecule has 2 aromatic rings. The summed E-state index contributed by atoms with van der Waals surface area (Å²) in [5, 5.41) is 23.9. The van der Waals surface area contributed by atoms with Crippen LogP contribution in [0.2, 0.25) is 0 Å². The first-order valence-corrected chi connectivity index (χ1v) is 6.81. The van der Waals surface area contributed by atoms with Crippen LogP contribution in [0.3, 0.4) is 0 Å². The van der Waals surface area contributed by atoms with Crippen molar-refractivity contribution in [1.82, 2.24) is 0 Å². The van der Waals surface area contributed by atoms with Gasteiger partial charge in [-0.15, -0.1) is 0 Å². The highest BCUT2D eigenvalue weighted by Crippen LogP contribution is 2.25. The maximum atomic E-state index is 11.0. The van der Waals surface area contributed by atoms with Gasteiger partial charge in [-0.1, -0.05) is 30.7 Å². The second-order valence-electron chi connectivity index (χ2n) is 4.94. The van der Waals surface area contributed by atoms with Crippen molar-refractivity contribution in [2.24, 2.45) is 0 Å². The van der Waals surface area contributed by atoms with Crippen LogP contribution >= 0.6 is 0 Å². The number of hydrogen-bond donors (Lipinski definition) is 2. The van der Waals surface area contributed by atoms with E-state index in [1.54, 1.807) is 12.1 Å². The number of nitrogens with zero attached hydrogens (tertiary/aromatic N) is 1. The zero-order valence-corrected chi connectivity index (χ0v) is 12.1. The van der Waals surface area contributed by atoms with E-state index in [9.17, 15) is 15.2 Å². The summed E-state index contributed by atoms with van der Waals surface area (Å²) in [4.78, 5) is 10.7. The summed E-state index contributed by atoms with van der Waals surface area (Å²) in [6, 6.07) is 10.5. The Morgan fingerprint density at radius 1 is 1.19 bits per heavy atom. The first-order chi connectivity index (χ1) is 10.0. The summed E-state index contributed by atoms with van der Waals surface area (Å²) in [5.74, 6) is 0.216. The van der Waals surface area contributed by atoms with Crippen molar-refractivity contribution in [1.29, 1.82) is 0 Å². The van der Waals surface area contributed by atoms with Gasteiger partial charge in [0.15, 0.2) is 0 Å². The SMILES string of the molecule is CCc1ccc(NCc2cc(C)ccc2O)cc1[N+](=O)[O-]. The smallest absolute Gasteiger partial charge is 0.274 e. The van der Waals surface area contributed by atoms with E-state index in [-0.39, 0.29) is 16.4 Å². The van der Waals surface area contributed by atoms with Crippen molar-refractivity contribution in [3.05, 3.63) is 63.2 Å². The molecule has 0 saturated heterocycles. The molecule has 0 aromatic heterocycles. The Labute approximate surface area is 123 Å². The van der Waals surface area contributed by atoms with E-state index in [1.165, 1.54) is 6.07 Å².